The van der Waals surface area contributed by atoms with Crippen molar-refractivity contribution in [2.75, 3.05) is 18.5 Å². The second-order valence-corrected chi connectivity index (χ2v) is 5.47. The van der Waals surface area contributed by atoms with Crippen LogP contribution in [0.1, 0.15) is 17.3 Å². The van der Waals surface area contributed by atoms with E-state index in [0.29, 0.717) is 11.5 Å². The molecule has 7 heteroatoms. The van der Waals surface area contributed by atoms with Crippen LogP contribution in [0.15, 0.2) is 42.5 Å². The van der Waals surface area contributed by atoms with Crippen LogP contribution < -0.4 is 14.8 Å². The zero-order chi connectivity index (χ0) is 17.8. The summed E-state index contributed by atoms with van der Waals surface area (Å²) in [5.74, 6) is -0.481. The molecule has 1 aliphatic rings. The van der Waals surface area contributed by atoms with Crippen molar-refractivity contribution in [1.29, 1.82) is 0 Å². The maximum absolute atomic E-state index is 13.6. The summed E-state index contributed by atoms with van der Waals surface area (Å²) in [5.41, 5.74) is 0.0513. The van der Waals surface area contributed by atoms with Gasteiger partial charge < -0.3 is 19.5 Å². The zero-order valence-corrected chi connectivity index (χ0v) is 13.5. The first kappa shape index (κ1) is 16.8. The van der Waals surface area contributed by atoms with Crippen LogP contribution in [0, 0.1) is 5.82 Å². The Kier molecular flexibility index (Phi) is 4.83. The molecule has 0 spiro atoms. The van der Waals surface area contributed by atoms with Crippen molar-refractivity contribution in [1.82, 2.24) is 0 Å². The lowest BCUT2D eigenvalue weighted by Crippen LogP contribution is -2.34. The summed E-state index contributed by atoms with van der Waals surface area (Å²) in [5, 5.41) is 2.32. The molecule has 1 amide bonds. The van der Waals surface area contributed by atoms with E-state index in [-0.39, 0.29) is 24.5 Å². The van der Waals surface area contributed by atoms with E-state index in [9.17, 15) is 14.0 Å². The minimum absolute atomic E-state index is 0.0139. The number of hydrogen-bond acceptors (Lipinski definition) is 5. The van der Waals surface area contributed by atoms with Gasteiger partial charge in [-0.3, -0.25) is 4.79 Å². The average molecular weight is 345 g/mol. The number of benzene rings is 2. The Hall–Kier alpha value is -3.09. The summed E-state index contributed by atoms with van der Waals surface area (Å²) in [4.78, 5) is 23.2. The Morgan fingerprint density at radius 1 is 1.24 bits per heavy atom. The van der Waals surface area contributed by atoms with Gasteiger partial charge in [-0.15, -0.1) is 0 Å². The van der Waals surface area contributed by atoms with Crippen molar-refractivity contribution in [2.24, 2.45) is 0 Å². The SMILES string of the molecule is CC(=O)Nc1cc(C(=O)OC[C@H]2COc3ccccc3O2)ccc1F. The number of nitrogens with one attached hydrogen (secondary N) is 1. The molecular weight excluding hydrogens is 329 g/mol. The molecule has 0 radical (unpaired) electrons. The predicted molar refractivity (Wildman–Crippen MR) is 87.3 cm³/mol. The van der Waals surface area contributed by atoms with Crippen LogP contribution in [0.4, 0.5) is 10.1 Å². The number of rotatable bonds is 4. The summed E-state index contributed by atoms with van der Waals surface area (Å²) in [6.45, 7) is 1.49. The van der Waals surface area contributed by atoms with Crippen LogP contribution in [-0.4, -0.2) is 31.2 Å². The Labute approximate surface area is 143 Å². The third kappa shape index (κ3) is 4.06. The van der Waals surface area contributed by atoms with Gasteiger partial charge in [0.1, 0.15) is 19.0 Å². The van der Waals surface area contributed by atoms with Crippen molar-refractivity contribution >= 4 is 17.6 Å². The molecular formula is C18H16FNO5. The van der Waals surface area contributed by atoms with E-state index in [4.69, 9.17) is 14.2 Å². The molecule has 130 valence electrons. The van der Waals surface area contributed by atoms with Crippen molar-refractivity contribution < 1.29 is 28.2 Å². The van der Waals surface area contributed by atoms with Gasteiger partial charge in [-0.05, 0) is 30.3 Å². The maximum Gasteiger partial charge on any atom is 0.338 e. The second kappa shape index (κ2) is 7.21. The van der Waals surface area contributed by atoms with E-state index in [2.05, 4.69) is 5.32 Å². The van der Waals surface area contributed by atoms with Gasteiger partial charge in [0.05, 0.1) is 11.3 Å². The number of carbonyl (C=O) groups excluding carboxylic acids is 2. The summed E-state index contributed by atoms with van der Waals surface area (Å²) >= 11 is 0. The molecule has 0 fully saturated rings. The van der Waals surface area contributed by atoms with Gasteiger partial charge in [0.2, 0.25) is 5.91 Å². The van der Waals surface area contributed by atoms with Gasteiger partial charge >= 0.3 is 5.97 Å². The number of esters is 1. The number of amides is 1. The quantitative estimate of drug-likeness (QED) is 0.863. The molecule has 0 aromatic heterocycles. The molecule has 0 saturated carbocycles. The molecule has 2 aromatic carbocycles. The largest absolute Gasteiger partial charge is 0.486 e. The third-order valence-corrected chi connectivity index (χ3v) is 3.48. The van der Waals surface area contributed by atoms with E-state index in [1.807, 2.05) is 12.1 Å². The number of fused-ring (bicyclic) bond motifs is 1. The molecule has 1 heterocycles. The smallest absolute Gasteiger partial charge is 0.338 e. The Balaban J connectivity index is 1.61. The van der Waals surface area contributed by atoms with Gasteiger partial charge in [-0.1, -0.05) is 12.1 Å². The molecule has 2 aromatic rings. The molecule has 1 atom stereocenters. The normalized spacial score (nSPS) is 15.4. The second-order valence-electron chi connectivity index (χ2n) is 5.47. The lowest BCUT2D eigenvalue weighted by molar-refractivity contribution is -0.114. The number of ether oxygens (including phenoxy) is 3. The van der Waals surface area contributed by atoms with Crippen LogP contribution >= 0.6 is 0 Å². The number of para-hydroxylation sites is 2. The maximum atomic E-state index is 13.6. The van der Waals surface area contributed by atoms with Crippen molar-refractivity contribution in [2.45, 2.75) is 13.0 Å². The molecule has 1 N–H and O–H groups in total. The first-order valence-electron chi connectivity index (χ1n) is 7.65. The molecule has 0 aliphatic carbocycles. The molecule has 3 rings (SSSR count). The summed E-state index contributed by atoms with van der Waals surface area (Å²) < 4.78 is 30.0. The summed E-state index contributed by atoms with van der Waals surface area (Å²) in [6, 6.07) is 10.8. The minimum Gasteiger partial charge on any atom is -0.486 e. The fourth-order valence-corrected chi connectivity index (χ4v) is 2.33. The molecule has 0 saturated heterocycles. The van der Waals surface area contributed by atoms with Gasteiger partial charge in [0, 0.05) is 6.92 Å². The molecule has 1 aliphatic heterocycles. The predicted octanol–water partition coefficient (Wildman–Crippen LogP) is 2.78. The van der Waals surface area contributed by atoms with E-state index >= 15 is 0 Å². The van der Waals surface area contributed by atoms with E-state index in [1.165, 1.54) is 19.1 Å². The van der Waals surface area contributed by atoms with Crippen LogP contribution in [0.2, 0.25) is 0 Å². The van der Waals surface area contributed by atoms with Crippen LogP contribution in [0.3, 0.4) is 0 Å². The number of halogens is 1. The van der Waals surface area contributed by atoms with Crippen LogP contribution in [0.25, 0.3) is 0 Å². The van der Waals surface area contributed by atoms with Crippen molar-refractivity contribution in [3.05, 3.63) is 53.8 Å². The fourth-order valence-electron chi connectivity index (χ4n) is 2.33. The highest BCUT2D eigenvalue weighted by atomic mass is 19.1. The molecule has 6 nitrogen and oxygen atoms in total. The summed E-state index contributed by atoms with van der Waals surface area (Å²) in [6.07, 6.45) is -0.436. The van der Waals surface area contributed by atoms with Crippen LogP contribution in [0.5, 0.6) is 11.5 Å². The minimum atomic E-state index is -0.644. The van der Waals surface area contributed by atoms with E-state index < -0.39 is 23.8 Å². The van der Waals surface area contributed by atoms with E-state index in [1.54, 1.807) is 12.1 Å². The Morgan fingerprint density at radius 2 is 2.00 bits per heavy atom. The van der Waals surface area contributed by atoms with Gasteiger partial charge in [-0.2, -0.15) is 0 Å². The van der Waals surface area contributed by atoms with Gasteiger partial charge in [-0.25, -0.2) is 9.18 Å². The standard InChI is InChI=1S/C18H16FNO5/c1-11(21)20-15-8-12(6-7-14(15)19)18(22)24-10-13-9-23-16-4-2-3-5-17(16)25-13/h2-8,13H,9-10H2,1H3,(H,20,21)/t13-/m1/s1. The highest BCUT2D eigenvalue weighted by molar-refractivity contribution is 5.93. The molecule has 0 bridgehead atoms. The first-order valence-corrected chi connectivity index (χ1v) is 7.65. The van der Waals surface area contributed by atoms with E-state index in [0.717, 1.165) is 6.07 Å². The summed E-state index contributed by atoms with van der Waals surface area (Å²) in [7, 11) is 0. The lowest BCUT2D eigenvalue weighted by atomic mass is 10.2. The number of carbonyl (C=O) groups is 2. The average Bonchev–Trinajstić information content (AvgIpc) is 2.61. The Morgan fingerprint density at radius 3 is 2.76 bits per heavy atom. The highest BCUT2D eigenvalue weighted by Crippen LogP contribution is 2.30. The first-order chi connectivity index (χ1) is 12.0. The number of anilines is 1. The van der Waals surface area contributed by atoms with Crippen molar-refractivity contribution in [3.8, 4) is 11.5 Å². The Bertz CT molecular complexity index is 808. The highest BCUT2D eigenvalue weighted by Gasteiger charge is 2.22. The third-order valence-electron chi connectivity index (χ3n) is 3.48. The topological polar surface area (TPSA) is 73.9 Å². The lowest BCUT2D eigenvalue weighted by Gasteiger charge is -2.26. The van der Waals surface area contributed by atoms with Gasteiger partial charge in [0.15, 0.2) is 17.6 Å². The van der Waals surface area contributed by atoms with Crippen LogP contribution in [-0.2, 0) is 9.53 Å². The number of hydrogen-bond donors (Lipinski definition) is 1. The molecule has 0 unspecified atom stereocenters. The zero-order valence-electron chi connectivity index (χ0n) is 13.5. The fraction of sp³-hybridized carbons (Fsp3) is 0.222. The van der Waals surface area contributed by atoms with Gasteiger partial charge in [0.25, 0.3) is 0 Å². The monoisotopic (exact) mass is 345 g/mol. The molecule has 25 heavy (non-hydrogen) atoms. The van der Waals surface area contributed by atoms with Crippen molar-refractivity contribution in [3.63, 3.8) is 0 Å².